The van der Waals surface area contributed by atoms with Gasteiger partial charge in [-0.1, -0.05) is 133 Å². The fourth-order valence-electron chi connectivity index (χ4n) is 8.94. The van der Waals surface area contributed by atoms with Gasteiger partial charge in [0.2, 0.25) is 0 Å². The molecule has 0 unspecified atom stereocenters. The minimum atomic E-state index is -0.129. The average Bonchev–Trinajstić information content (AvgIpc) is 3.76. The number of hydrogen-bond acceptors (Lipinski definition) is 2. The van der Waals surface area contributed by atoms with Crippen molar-refractivity contribution in [1.29, 1.82) is 0 Å². The van der Waals surface area contributed by atoms with Crippen LogP contribution in [0.1, 0.15) is 52.7 Å². The first-order valence-corrected chi connectivity index (χ1v) is 20.2. The lowest BCUT2D eigenvalue weighted by Gasteiger charge is -2.25. The van der Waals surface area contributed by atoms with Crippen molar-refractivity contribution >= 4 is 43.6 Å². The number of aromatic nitrogens is 4. The molecule has 0 fully saturated rings. The zero-order valence-corrected chi connectivity index (χ0v) is 34.0. The molecule has 6 aromatic carbocycles. The molecule has 58 heavy (non-hydrogen) atoms. The van der Waals surface area contributed by atoms with Crippen molar-refractivity contribution < 1.29 is 0 Å². The predicted octanol–water partition coefficient (Wildman–Crippen LogP) is 14.3. The summed E-state index contributed by atoms with van der Waals surface area (Å²) in [7, 11) is 0. The van der Waals surface area contributed by atoms with Crippen LogP contribution in [0.5, 0.6) is 0 Å². The molecule has 4 heteroatoms. The molecule has 0 aliphatic heterocycles. The van der Waals surface area contributed by atoms with E-state index >= 15 is 0 Å². The maximum absolute atomic E-state index is 5.37. The summed E-state index contributed by atoms with van der Waals surface area (Å²) < 4.78 is 4.78. The Bertz CT molecular complexity index is 3090. The van der Waals surface area contributed by atoms with Crippen molar-refractivity contribution in [3.05, 3.63) is 181 Å². The normalized spacial score (nSPS) is 12.3. The van der Waals surface area contributed by atoms with E-state index in [1.54, 1.807) is 0 Å². The van der Waals surface area contributed by atoms with Gasteiger partial charge in [-0.3, -0.25) is 4.98 Å². The first-order chi connectivity index (χ1) is 28.0. The Morgan fingerprint density at radius 1 is 0.379 bits per heavy atom. The minimum Gasteiger partial charge on any atom is -0.309 e. The second kappa shape index (κ2) is 13.4. The van der Waals surface area contributed by atoms with E-state index in [4.69, 9.17) is 9.97 Å². The maximum Gasteiger partial charge on any atom is 0.0712 e. The van der Waals surface area contributed by atoms with Gasteiger partial charge < -0.3 is 9.13 Å². The maximum atomic E-state index is 5.37. The Labute approximate surface area is 340 Å². The molecule has 0 aliphatic carbocycles. The highest BCUT2D eigenvalue weighted by Crippen LogP contribution is 2.40. The van der Waals surface area contributed by atoms with Gasteiger partial charge in [-0.15, -0.1) is 0 Å². The predicted molar refractivity (Wildman–Crippen MR) is 244 cm³/mol. The first-order valence-electron chi connectivity index (χ1n) is 20.2. The first kappa shape index (κ1) is 35.6. The molecule has 4 nitrogen and oxygen atoms in total. The fourth-order valence-corrected chi connectivity index (χ4v) is 8.94. The molecular formula is C54H46N4. The summed E-state index contributed by atoms with van der Waals surface area (Å²) in [6.07, 6.45) is 1.93. The Morgan fingerprint density at radius 2 is 0.862 bits per heavy atom. The van der Waals surface area contributed by atoms with Gasteiger partial charge in [0.25, 0.3) is 0 Å². The van der Waals surface area contributed by atoms with E-state index in [1.807, 2.05) is 6.20 Å². The van der Waals surface area contributed by atoms with Gasteiger partial charge in [-0.2, -0.15) is 0 Å². The SMILES string of the molecule is CC(C)(C)c1ccc(-n2c3ccccc3c3ccccc32)cc1-c1cc(-c2cccc(-c3ccc(-n4c5ccccc5c5ccccc54)cc3C(C)(C)C)n2)ccn1. The van der Waals surface area contributed by atoms with Gasteiger partial charge >= 0.3 is 0 Å². The highest BCUT2D eigenvalue weighted by molar-refractivity contribution is 6.10. The van der Waals surface area contributed by atoms with Crippen LogP contribution >= 0.6 is 0 Å². The van der Waals surface area contributed by atoms with E-state index in [-0.39, 0.29) is 10.8 Å². The molecule has 0 saturated carbocycles. The second-order valence-electron chi connectivity index (χ2n) is 17.5. The number of nitrogens with zero attached hydrogens (tertiary/aromatic N) is 4. The van der Waals surface area contributed by atoms with Gasteiger partial charge in [-0.25, -0.2) is 4.98 Å². The Hall–Kier alpha value is -6.78. The van der Waals surface area contributed by atoms with Crippen molar-refractivity contribution in [2.75, 3.05) is 0 Å². The number of rotatable bonds is 5. The summed E-state index contributed by atoms with van der Waals surface area (Å²) in [6, 6.07) is 59.2. The van der Waals surface area contributed by atoms with E-state index in [0.717, 1.165) is 45.1 Å². The van der Waals surface area contributed by atoms with Crippen molar-refractivity contribution in [1.82, 2.24) is 19.1 Å². The standard InChI is InChI=1S/C54H46N4/c1-53(2,3)44-29-27-36(57-49-22-11-7-16-38(49)39-17-8-12-23-50(39)57)33-43(44)48-32-35(30-31-55-48)46-20-15-21-47(56-46)42-28-26-37(34-45(42)54(4,5)6)58-51-24-13-9-18-40(51)41-19-10-14-25-52(41)58/h7-34H,1-6H3. The van der Waals surface area contributed by atoms with Gasteiger partial charge in [0.15, 0.2) is 0 Å². The summed E-state index contributed by atoms with van der Waals surface area (Å²) >= 11 is 0. The zero-order valence-electron chi connectivity index (χ0n) is 34.0. The van der Waals surface area contributed by atoms with Crippen molar-refractivity contribution in [2.45, 2.75) is 52.4 Å². The van der Waals surface area contributed by atoms with E-state index in [0.29, 0.717) is 0 Å². The highest BCUT2D eigenvalue weighted by atomic mass is 15.0. The molecule has 0 bridgehead atoms. The largest absolute Gasteiger partial charge is 0.309 e. The van der Waals surface area contributed by atoms with Gasteiger partial charge in [0.1, 0.15) is 0 Å². The van der Waals surface area contributed by atoms with Crippen LogP contribution in [0, 0.1) is 0 Å². The molecule has 10 rings (SSSR count). The molecule has 10 aromatic rings. The molecule has 282 valence electrons. The van der Waals surface area contributed by atoms with E-state index in [9.17, 15) is 0 Å². The molecule has 4 heterocycles. The van der Waals surface area contributed by atoms with Crippen molar-refractivity contribution in [3.63, 3.8) is 0 Å². The molecule has 0 aliphatic rings. The average molecular weight is 751 g/mol. The van der Waals surface area contributed by atoms with Crippen LogP contribution < -0.4 is 0 Å². The van der Waals surface area contributed by atoms with Crippen LogP contribution in [0.3, 0.4) is 0 Å². The van der Waals surface area contributed by atoms with E-state index in [1.165, 1.54) is 54.7 Å². The van der Waals surface area contributed by atoms with Gasteiger partial charge in [0, 0.05) is 55.8 Å². The fraction of sp³-hybridized carbons (Fsp3) is 0.148. The third-order valence-corrected chi connectivity index (χ3v) is 11.7. The summed E-state index contributed by atoms with van der Waals surface area (Å²) in [5, 5.41) is 5.03. The minimum absolute atomic E-state index is 0.0979. The van der Waals surface area contributed by atoms with Crippen LogP contribution in [-0.2, 0) is 10.8 Å². The molecule has 0 N–H and O–H groups in total. The Balaban J connectivity index is 1.08. The van der Waals surface area contributed by atoms with Crippen molar-refractivity contribution in [3.8, 4) is 45.1 Å². The summed E-state index contributed by atoms with van der Waals surface area (Å²) in [5.74, 6) is 0. The van der Waals surface area contributed by atoms with Crippen LogP contribution in [0.4, 0.5) is 0 Å². The Kier molecular flexibility index (Phi) is 8.24. The number of hydrogen-bond donors (Lipinski definition) is 0. The van der Waals surface area contributed by atoms with Crippen LogP contribution in [0.15, 0.2) is 170 Å². The number of benzene rings is 6. The number of fused-ring (bicyclic) bond motifs is 6. The third kappa shape index (κ3) is 5.90. The molecule has 4 aromatic heterocycles. The monoisotopic (exact) mass is 750 g/mol. The topological polar surface area (TPSA) is 35.6 Å². The Morgan fingerprint density at radius 3 is 1.40 bits per heavy atom. The third-order valence-electron chi connectivity index (χ3n) is 11.7. The summed E-state index contributed by atoms with van der Waals surface area (Å²) in [6.45, 7) is 13.7. The molecule has 0 saturated heterocycles. The zero-order chi connectivity index (χ0) is 39.8. The van der Waals surface area contributed by atoms with Crippen LogP contribution in [0.25, 0.3) is 88.8 Å². The van der Waals surface area contributed by atoms with Gasteiger partial charge in [-0.05, 0) is 94.8 Å². The molecule has 0 spiro atoms. The molecule has 0 amide bonds. The van der Waals surface area contributed by atoms with E-state index < -0.39 is 0 Å². The smallest absolute Gasteiger partial charge is 0.0712 e. The molecular weight excluding hydrogens is 705 g/mol. The second-order valence-corrected chi connectivity index (χ2v) is 17.5. The van der Waals surface area contributed by atoms with Crippen LogP contribution in [0.2, 0.25) is 0 Å². The van der Waals surface area contributed by atoms with Crippen LogP contribution in [-0.4, -0.2) is 19.1 Å². The van der Waals surface area contributed by atoms with Crippen molar-refractivity contribution in [2.24, 2.45) is 0 Å². The molecule has 0 atom stereocenters. The summed E-state index contributed by atoms with van der Waals surface area (Å²) in [5.41, 5.74) is 15.5. The quantitative estimate of drug-likeness (QED) is 0.176. The number of para-hydroxylation sites is 4. The van der Waals surface area contributed by atoms with E-state index in [2.05, 4.69) is 214 Å². The number of pyridine rings is 2. The lowest BCUT2D eigenvalue weighted by Crippen LogP contribution is -2.14. The van der Waals surface area contributed by atoms with Gasteiger partial charge in [0.05, 0.1) is 39.1 Å². The highest BCUT2D eigenvalue weighted by Gasteiger charge is 2.24. The lowest BCUT2D eigenvalue weighted by atomic mass is 9.82. The summed E-state index contributed by atoms with van der Waals surface area (Å²) in [4.78, 5) is 10.4. The lowest BCUT2D eigenvalue weighted by molar-refractivity contribution is 0.591. The molecule has 0 radical (unpaired) electrons.